The summed E-state index contributed by atoms with van der Waals surface area (Å²) in [7, 11) is 0. The summed E-state index contributed by atoms with van der Waals surface area (Å²) in [6.45, 7) is 1.77. The van der Waals surface area contributed by atoms with E-state index >= 15 is 0 Å². The highest BCUT2D eigenvalue weighted by Gasteiger charge is 2.31. The van der Waals surface area contributed by atoms with Crippen molar-refractivity contribution in [3.63, 3.8) is 0 Å². The van der Waals surface area contributed by atoms with E-state index in [2.05, 4.69) is 9.72 Å². The minimum atomic E-state index is -4.68. The van der Waals surface area contributed by atoms with Gasteiger partial charge < -0.3 is 4.74 Å². The van der Waals surface area contributed by atoms with Crippen LogP contribution < -0.4 is 4.74 Å². The van der Waals surface area contributed by atoms with E-state index in [9.17, 15) is 13.2 Å². The normalized spacial score (nSPS) is 11.4. The molecule has 0 aliphatic carbocycles. The second-order valence-electron chi connectivity index (χ2n) is 2.27. The highest BCUT2D eigenvalue weighted by atomic mass is 19.4. The topological polar surface area (TPSA) is 22.1 Å². The smallest absolute Gasteiger partial charge is 0.388 e. The van der Waals surface area contributed by atoms with Crippen LogP contribution in [0.2, 0.25) is 0 Å². The average Bonchev–Trinajstić information content (AvgIpc) is 2.03. The van der Waals surface area contributed by atoms with Gasteiger partial charge in [-0.15, -0.1) is 13.2 Å². The first-order chi connectivity index (χ1) is 6.01. The van der Waals surface area contributed by atoms with Crippen molar-refractivity contribution in [1.29, 1.82) is 0 Å². The Morgan fingerprint density at radius 3 is 2.46 bits per heavy atom. The van der Waals surface area contributed by atoms with Gasteiger partial charge in [-0.1, -0.05) is 13.0 Å². The molecule has 1 rings (SSSR count). The summed E-state index contributed by atoms with van der Waals surface area (Å²) in [5.74, 6) is -0.446. The molecule has 1 aromatic heterocycles. The molecule has 5 heteroatoms. The highest BCUT2D eigenvalue weighted by molar-refractivity contribution is 5.22. The van der Waals surface area contributed by atoms with Gasteiger partial charge in [0.05, 0.1) is 0 Å². The number of pyridine rings is 1. The van der Waals surface area contributed by atoms with E-state index in [0.29, 0.717) is 0 Å². The van der Waals surface area contributed by atoms with E-state index in [1.54, 1.807) is 13.3 Å². The molecule has 2 nitrogen and oxygen atoms in total. The van der Waals surface area contributed by atoms with Crippen LogP contribution in [0.4, 0.5) is 13.2 Å². The van der Waals surface area contributed by atoms with Crippen LogP contribution in [0.15, 0.2) is 18.3 Å². The van der Waals surface area contributed by atoms with Crippen molar-refractivity contribution >= 4 is 0 Å². The molecule has 1 heterocycles. The third kappa shape index (κ3) is 3.31. The first-order valence-corrected chi connectivity index (χ1v) is 3.52. The number of ether oxygens (including phenoxy) is 1. The van der Waals surface area contributed by atoms with Crippen molar-refractivity contribution in [2.24, 2.45) is 0 Å². The third-order valence-corrected chi connectivity index (χ3v) is 1.31. The minimum Gasteiger partial charge on any atom is -0.388 e. The number of alkyl halides is 3. The number of halogens is 3. The maximum absolute atomic E-state index is 11.7. The fourth-order valence-corrected chi connectivity index (χ4v) is 0.741. The van der Waals surface area contributed by atoms with Crippen molar-refractivity contribution in [3.05, 3.63) is 30.3 Å². The van der Waals surface area contributed by atoms with Crippen molar-refractivity contribution in [3.8, 4) is 5.88 Å². The number of hydrogen-bond acceptors (Lipinski definition) is 2. The van der Waals surface area contributed by atoms with Crippen LogP contribution in [0, 0.1) is 6.42 Å². The molecular formula is C8H7F3NO. The molecule has 0 unspecified atom stereocenters. The molecule has 0 saturated carbocycles. The summed E-state index contributed by atoms with van der Waals surface area (Å²) in [6.07, 6.45) is -1.64. The monoisotopic (exact) mass is 190 g/mol. The summed E-state index contributed by atoms with van der Waals surface area (Å²) >= 11 is 0. The van der Waals surface area contributed by atoms with Crippen LogP contribution in [-0.4, -0.2) is 11.3 Å². The van der Waals surface area contributed by atoms with Crippen LogP contribution in [0.5, 0.6) is 5.88 Å². The fourth-order valence-electron chi connectivity index (χ4n) is 0.741. The van der Waals surface area contributed by atoms with Gasteiger partial charge in [-0.05, 0) is 12.0 Å². The molecule has 1 aromatic rings. The zero-order valence-corrected chi connectivity index (χ0v) is 6.80. The first-order valence-electron chi connectivity index (χ1n) is 3.52. The molecule has 0 aromatic carbocycles. The zero-order chi connectivity index (χ0) is 9.90. The molecule has 0 spiro atoms. The summed E-state index contributed by atoms with van der Waals surface area (Å²) in [4.78, 5) is 3.46. The SMILES string of the molecule is C[CH]c1ccc(OC(F)(F)F)nc1. The highest BCUT2D eigenvalue weighted by Crippen LogP contribution is 2.20. The van der Waals surface area contributed by atoms with Crippen LogP contribution in [0.3, 0.4) is 0 Å². The summed E-state index contributed by atoms with van der Waals surface area (Å²) in [5, 5.41) is 0. The Labute approximate surface area is 73.4 Å². The lowest BCUT2D eigenvalue weighted by atomic mass is 10.2. The maximum atomic E-state index is 11.7. The van der Waals surface area contributed by atoms with Gasteiger partial charge in [0.1, 0.15) is 0 Å². The number of nitrogens with zero attached hydrogens (tertiary/aromatic N) is 1. The molecule has 0 amide bonds. The van der Waals surface area contributed by atoms with Gasteiger partial charge in [0.2, 0.25) is 5.88 Å². The minimum absolute atomic E-state index is 0.446. The van der Waals surface area contributed by atoms with E-state index in [1.807, 2.05) is 0 Å². The summed E-state index contributed by atoms with van der Waals surface area (Å²) in [5.41, 5.74) is 0.745. The fraction of sp³-hybridized carbons (Fsp3) is 0.250. The predicted octanol–water partition coefficient (Wildman–Crippen LogP) is 2.55. The van der Waals surface area contributed by atoms with E-state index < -0.39 is 12.2 Å². The lowest BCUT2D eigenvalue weighted by molar-refractivity contribution is -0.276. The largest absolute Gasteiger partial charge is 0.574 e. The van der Waals surface area contributed by atoms with E-state index in [4.69, 9.17) is 0 Å². The van der Waals surface area contributed by atoms with Crippen LogP contribution in [0.25, 0.3) is 0 Å². The molecule has 0 saturated heterocycles. The number of hydrogen-bond donors (Lipinski definition) is 0. The van der Waals surface area contributed by atoms with Gasteiger partial charge in [-0.2, -0.15) is 0 Å². The Hall–Kier alpha value is -1.26. The van der Waals surface area contributed by atoms with Crippen molar-refractivity contribution in [1.82, 2.24) is 4.98 Å². The average molecular weight is 190 g/mol. The second kappa shape index (κ2) is 3.64. The Morgan fingerprint density at radius 1 is 1.38 bits per heavy atom. The van der Waals surface area contributed by atoms with E-state index in [0.717, 1.165) is 5.56 Å². The molecule has 0 bridgehead atoms. The first kappa shape index (κ1) is 9.83. The van der Waals surface area contributed by atoms with Crippen LogP contribution in [-0.2, 0) is 0 Å². The van der Waals surface area contributed by atoms with E-state index in [1.165, 1.54) is 18.3 Å². The Morgan fingerprint density at radius 2 is 2.08 bits per heavy atom. The number of aromatic nitrogens is 1. The van der Waals surface area contributed by atoms with Crippen molar-refractivity contribution < 1.29 is 17.9 Å². The molecule has 0 fully saturated rings. The zero-order valence-electron chi connectivity index (χ0n) is 6.80. The molecule has 0 aliphatic heterocycles. The summed E-state index contributed by atoms with van der Waals surface area (Å²) in [6, 6.07) is 2.66. The lowest BCUT2D eigenvalue weighted by Gasteiger charge is -2.07. The van der Waals surface area contributed by atoms with Crippen LogP contribution in [0.1, 0.15) is 12.5 Å². The Bertz CT molecular complexity index is 268. The lowest BCUT2D eigenvalue weighted by Crippen LogP contribution is -2.17. The van der Waals surface area contributed by atoms with Gasteiger partial charge >= 0.3 is 6.36 Å². The van der Waals surface area contributed by atoms with Crippen molar-refractivity contribution in [2.75, 3.05) is 0 Å². The molecule has 0 atom stereocenters. The molecule has 71 valence electrons. The predicted molar refractivity (Wildman–Crippen MR) is 40.0 cm³/mol. The number of rotatable bonds is 2. The Kier molecular flexibility index (Phi) is 2.75. The van der Waals surface area contributed by atoms with Crippen molar-refractivity contribution in [2.45, 2.75) is 13.3 Å². The maximum Gasteiger partial charge on any atom is 0.574 e. The van der Waals surface area contributed by atoms with E-state index in [-0.39, 0.29) is 0 Å². The van der Waals surface area contributed by atoms with Gasteiger partial charge in [0.25, 0.3) is 0 Å². The third-order valence-electron chi connectivity index (χ3n) is 1.31. The quantitative estimate of drug-likeness (QED) is 0.714. The van der Waals surface area contributed by atoms with Gasteiger partial charge in [0.15, 0.2) is 0 Å². The molecular weight excluding hydrogens is 183 g/mol. The molecule has 0 aliphatic rings. The Balaban J connectivity index is 2.70. The van der Waals surface area contributed by atoms with Gasteiger partial charge in [-0.3, -0.25) is 0 Å². The van der Waals surface area contributed by atoms with Gasteiger partial charge in [-0.25, -0.2) is 4.98 Å². The molecule has 0 N–H and O–H groups in total. The van der Waals surface area contributed by atoms with Gasteiger partial charge in [0, 0.05) is 12.3 Å². The van der Waals surface area contributed by atoms with Crippen LogP contribution >= 0.6 is 0 Å². The molecule has 1 radical (unpaired) electrons. The molecule has 13 heavy (non-hydrogen) atoms. The standard InChI is InChI=1S/C8H7F3NO/c1-2-6-3-4-7(12-5-6)13-8(9,10)11/h2-5H,1H3. The second-order valence-corrected chi connectivity index (χ2v) is 2.27. The summed E-state index contributed by atoms with van der Waals surface area (Å²) < 4.78 is 38.5.